The lowest BCUT2D eigenvalue weighted by atomic mass is 10.0. The van der Waals surface area contributed by atoms with Gasteiger partial charge in [-0.15, -0.1) is 0 Å². The molecule has 0 aromatic carbocycles. The number of hydrogen-bond donors (Lipinski definition) is 1. The summed E-state index contributed by atoms with van der Waals surface area (Å²) in [6.45, 7) is 6.90. The standard InChI is InChI=1S/C12H22N2OS/c1-4-14(6-7-15-3)12(10(2)13)11-5-8-16-9-11/h5,8-10,12H,4,6-7,13H2,1-3H3. The molecule has 0 amide bonds. The third-order valence-electron chi connectivity index (χ3n) is 2.76. The highest BCUT2D eigenvalue weighted by Crippen LogP contribution is 2.25. The third-order valence-corrected chi connectivity index (χ3v) is 3.47. The maximum atomic E-state index is 6.10. The molecule has 1 aromatic rings. The van der Waals surface area contributed by atoms with Gasteiger partial charge in [0.25, 0.3) is 0 Å². The Morgan fingerprint density at radius 1 is 1.56 bits per heavy atom. The van der Waals surface area contributed by atoms with E-state index >= 15 is 0 Å². The monoisotopic (exact) mass is 242 g/mol. The molecule has 2 N–H and O–H groups in total. The quantitative estimate of drug-likeness (QED) is 0.796. The molecule has 4 heteroatoms. The second kappa shape index (κ2) is 7.01. The molecule has 2 unspecified atom stereocenters. The smallest absolute Gasteiger partial charge is 0.0589 e. The van der Waals surface area contributed by atoms with E-state index in [0.29, 0.717) is 6.04 Å². The van der Waals surface area contributed by atoms with Crippen LogP contribution in [0.3, 0.4) is 0 Å². The molecule has 1 heterocycles. The van der Waals surface area contributed by atoms with Crippen molar-refractivity contribution in [2.75, 3.05) is 26.8 Å². The van der Waals surface area contributed by atoms with Gasteiger partial charge in [0.1, 0.15) is 0 Å². The predicted molar refractivity (Wildman–Crippen MR) is 69.8 cm³/mol. The Hall–Kier alpha value is -0.420. The summed E-state index contributed by atoms with van der Waals surface area (Å²) < 4.78 is 5.14. The third kappa shape index (κ3) is 3.56. The number of thiophene rings is 1. The number of methoxy groups -OCH3 is 1. The second-order valence-electron chi connectivity index (χ2n) is 3.98. The van der Waals surface area contributed by atoms with Crippen LogP contribution in [0, 0.1) is 0 Å². The average Bonchev–Trinajstić information content (AvgIpc) is 2.76. The van der Waals surface area contributed by atoms with Crippen molar-refractivity contribution in [3.63, 3.8) is 0 Å². The van der Waals surface area contributed by atoms with Gasteiger partial charge in [-0.3, -0.25) is 4.90 Å². The SMILES string of the molecule is CCN(CCOC)C(c1ccsc1)C(C)N. The summed E-state index contributed by atoms with van der Waals surface area (Å²) in [5.41, 5.74) is 7.42. The maximum Gasteiger partial charge on any atom is 0.0589 e. The van der Waals surface area contributed by atoms with E-state index in [9.17, 15) is 0 Å². The molecule has 0 bridgehead atoms. The molecule has 0 aliphatic carbocycles. The summed E-state index contributed by atoms with van der Waals surface area (Å²) >= 11 is 1.72. The Kier molecular flexibility index (Phi) is 5.98. The van der Waals surface area contributed by atoms with Gasteiger partial charge in [-0.2, -0.15) is 11.3 Å². The van der Waals surface area contributed by atoms with Crippen molar-refractivity contribution < 1.29 is 4.74 Å². The van der Waals surface area contributed by atoms with Crippen molar-refractivity contribution in [2.45, 2.75) is 25.9 Å². The molecule has 3 nitrogen and oxygen atoms in total. The highest BCUT2D eigenvalue weighted by Gasteiger charge is 2.22. The van der Waals surface area contributed by atoms with E-state index < -0.39 is 0 Å². The molecule has 0 aliphatic rings. The van der Waals surface area contributed by atoms with Gasteiger partial charge in [0, 0.05) is 19.7 Å². The molecule has 0 saturated heterocycles. The molecule has 0 spiro atoms. The summed E-state index contributed by atoms with van der Waals surface area (Å²) in [6, 6.07) is 2.59. The molecule has 0 radical (unpaired) electrons. The zero-order valence-electron chi connectivity index (χ0n) is 10.3. The summed E-state index contributed by atoms with van der Waals surface area (Å²) in [7, 11) is 1.74. The summed E-state index contributed by atoms with van der Waals surface area (Å²) in [6.07, 6.45) is 0. The van der Waals surface area contributed by atoms with Crippen molar-refractivity contribution >= 4 is 11.3 Å². The number of ether oxygens (including phenoxy) is 1. The minimum absolute atomic E-state index is 0.131. The van der Waals surface area contributed by atoms with Crippen LogP contribution < -0.4 is 5.73 Å². The highest BCUT2D eigenvalue weighted by molar-refractivity contribution is 7.07. The first-order valence-electron chi connectivity index (χ1n) is 5.71. The topological polar surface area (TPSA) is 38.5 Å². The largest absolute Gasteiger partial charge is 0.383 e. The van der Waals surface area contributed by atoms with E-state index in [1.165, 1.54) is 5.56 Å². The molecule has 2 atom stereocenters. The van der Waals surface area contributed by atoms with E-state index in [0.717, 1.165) is 19.7 Å². The Balaban J connectivity index is 2.75. The van der Waals surface area contributed by atoms with Crippen LogP contribution in [0.2, 0.25) is 0 Å². The van der Waals surface area contributed by atoms with E-state index in [4.69, 9.17) is 10.5 Å². The molecule has 1 rings (SSSR count). The molecule has 1 aromatic heterocycles. The molecular formula is C12H22N2OS. The minimum Gasteiger partial charge on any atom is -0.383 e. The summed E-state index contributed by atoms with van der Waals surface area (Å²) in [4.78, 5) is 2.37. The van der Waals surface area contributed by atoms with E-state index in [1.807, 2.05) is 0 Å². The highest BCUT2D eigenvalue weighted by atomic mass is 32.1. The Bertz CT molecular complexity index is 275. The van der Waals surface area contributed by atoms with Gasteiger partial charge in [-0.1, -0.05) is 6.92 Å². The van der Waals surface area contributed by atoms with E-state index in [2.05, 4.69) is 35.6 Å². The van der Waals surface area contributed by atoms with Gasteiger partial charge in [0.2, 0.25) is 0 Å². The van der Waals surface area contributed by atoms with Crippen LogP contribution in [-0.2, 0) is 4.74 Å². The number of rotatable bonds is 7. The van der Waals surface area contributed by atoms with E-state index in [-0.39, 0.29) is 6.04 Å². The summed E-state index contributed by atoms with van der Waals surface area (Å²) in [5, 5.41) is 4.29. The second-order valence-corrected chi connectivity index (χ2v) is 4.76. The first-order chi connectivity index (χ1) is 7.70. The van der Waals surface area contributed by atoms with Crippen LogP contribution in [0.15, 0.2) is 16.8 Å². The van der Waals surface area contributed by atoms with Gasteiger partial charge in [0.15, 0.2) is 0 Å². The van der Waals surface area contributed by atoms with E-state index in [1.54, 1.807) is 18.4 Å². The van der Waals surface area contributed by atoms with Crippen molar-refractivity contribution in [2.24, 2.45) is 5.73 Å². The first kappa shape index (κ1) is 13.6. The van der Waals surface area contributed by atoms with Gasteiger partial charge in [-0.05, 0) is 35.9 Å². The van der Waals surface area contributed by atoms with Crippen molar-refractivity contribution in [1.29, 1.82) is 0 Å². The number of likely N-dealkylation sites (N-methyl/N-ethyl adjacent to an activating group) is 1. The zero-order valence-corrected chi connectivity index (χ0v) is 11.2. The molecule has 92 valence electrons. The average molecular weight is 242 g/mol. The van der Waals surface area contributed by atoms with Crippen LogP contribution in [0.4, 0.5) is 0 Å². The Morgan fingerprint density at radius 3 is 2.75 bits per heavy atom. The number of nitrogens with two attached hydrogens (primary N) is 1. The van der Waals surface area contributed by atoms with Crippen LogP contribution >= 0.6 is 11.3 Å². The molecule has 0 aliphatic heterocycles. The van der Waals surface area contributed by atoms with Crippen LogP contribution in [0.25, 0.3) is 0 Å². The molecule has 0 fully saturated rings. The fraction of sp³-hybridized carbons (Fsp3) is 0.667. The zero-order chi connectivity index (χ0) is 12.0. The van der Waals surface area contributed by atoms with Gasteiger partial charge < -0.3 is 10.5 Å². The lowest BCUT2D eigenvalue weighted by Gasteiger charge is -2.32. The number of nitrogens with zero attached hydrogens (tertiary/aromatic N) is 1. The van der Waals surface area contributed by atoms with Gasteiger partial charge >= 0.3 is 0 Å². The number of hydrogen-bond acceptors (Lipinski definition) is 4. The lowest BCUT2D eigenvalue weighted by molar-refractivity contribution is 0.115. The van der Waals surface area contributed by atoms with Crippen molar-refractivity contribution in [3.05, 3.63) is 22.4 Å². The normalized spacial score (nSPS) is 15.3. The van der Waals surface area contributed by atoms with Crippen LogP contribution in [-0.4, -0.2) is 37.7 Å². The Morgan fingerprint density at radius 2 is 2.31 bits per heavy atom. The Labute approximate surface area is 102 Å². The first-order valence-corrected chi connectivity index (χ1v) is 6.65. The van der Waals surface area contributed by atoms with Crippen LogP contribution in [0.5, 0.6) is 0 Å². The summed E-state index contributed by atoms with van der Waals surface area (Å²) in [5.74, 6) is 0. The predicted octanol–water partition coefficient (Wildman–Crippen LogP) is 2.10. The van der Waals surface area contributed by atoms with Crippen molar-refractivity contribution in [1.82, 2.24) is 4.90 Å². The maximum absolute atomic E-state index is 6.10. The fourth-order valence-electron chi connectivity index (χ4n) is 1.99. The lowest BCUT2D eigenvalue weighted by Crippen LogP contribution is -2.40. The van der Waals surface area contributed by atoms with Gasteiger partial charge in [0.05, 0.1) is 12.6 Å². The van der Waals surface area contributed by atoms with Crippen molar-refractivity contribution in [3.8, 4) is 0 Å². The van der Waals surface area contributed by atoms with Gasteiger partial charge in [-0.25, -0.2) is 0 Å². The molecular weight excluding hydrogens is 220 g/mol. The minimum atomic E-state index is 0.131. The molecule has 16 heavy (non-hydrogen) atoms. The van der Waals surface area contributed by atoms with Crippen LogP contribution in [0.1, 0.15) is 25.5 Å². The molecule has 0 saturated carbocycles. The fourth-order valence-corrected chi connectivity index (χ4v) is 2.68.